The predicted octanol–water partition coefficient (Wildman–Crippen LogP) is 4.20. The number of benzene rings is 2. The van der Waals surface area contributed by atoms with Crippen LogP contribution in [0.2, 0.25) is 0 Å². The summed E-state index contributed by atoms with van der Waals surface area (Å²) in [5, 5.41) is 0. The van der Waals surface area contributed by atoms with Gasteiger partial charge in [0, 0.05) is 18.0 Å². The summed E-state index contributed by atoms with van der Waals surface area (Å²) in [6.45, 7) is 2.40. The molecule has 2 heterocycles. The maximum absolute atomic E-state index is 12.8. The van der Waals surface area contributed by atoms with Crippen molar-refractivity contribution in [1.29, 1.82) is 0 Å². The highest BCUT2D eigenvalue weighted by Crippen LogP contribution is 2.29. The number of imidazole rings is 1. The molecule has 0 bridgehead atoms. The Balaban J connectivity index is 1.68. The maximum atomic E-state index is 12.8. The summed E-state index contributed by atoms with van der Waals surface area (Å²) in [7, 11) is -3.75. The lowest BCUT2D eigenvalue weighted by molar-refractivity contribution is 0.340. The number of nitrogens with zero attached hydrogens (tertiary/aromatic N) is 2. The fraction of sp³-hybridized carbons (Fsp3) is 0.0952. The Morgan fingerprint density at radius 2 is 1.75 bits per heavy atom. The van der Waals surface area contributed by atoms with Crippen LogP contribution >= 0.6 is 0 Å². The first-order valence-corrected chi connectivity index (χ1v) is 10.3. The number of sulfonamides is 1. The number of para-hydroxylation sites is 1. The smallest absolute Gasteiger partial charge is 0.261 e. The summed E-state index contributed by atoms with van der Waals surface area (Å²) < 4.78 is 35.6. The minimum Gasteiger partial charge on any atom is -0.494 e. The highest BCUT2D eigenvalue weighted by molar-refractivity contribution is 7.92. The van der Waals surface area contributed by atoms with E-state index in [2.05, 4.69) is 9.71 Å². The zero-order valence-corrected chi connectivity index (χ0v) is 16.1. The number of rotatable bonds is 6. The van der Waals surface area contributed by atoms with Crippen LogP contribution in [0.1, 0.15) is 6.92 Å². The molecule has 0 aliphatic heterocycles. The zero-order chi connectivity index (χ0) is 19.6. The molecule has 0 radical (unpaired) electrons. The molecular formula is C21H19N3O3S. The second kappa shape index (κ2) is 7.36. The number of fused-ring (bicyclic) bond motifs is 1. The van der Waals surface area contributed by atoms with Gasteiger partial charge in [-0.15, -0.1) is 0 Å². The maximum Gasteiger partial charge on any atom is 0.261 e. The normalized spacial score (nSPS) is 11.5. The third kappa shape index (κ3) is 3.57. The van der Waals surface area contributed by atoms with Crippen LogP contribution in [0.5, 0.6) is 5.75 Å². The molecule has 0 unspecified atom stereocenters. The number of hydrogen-bond donors (Lipinski definition) is 1. The van der Waals surface area contributed by atoms with Crippen molar-refractivity contribution in [2.45, 2.75) is 11.8 Å². The third-order valence-corrected chi connectivity index (χ3v) is 5.64. The van der Waals surface area contributed by atoms with Crippen LogP contribution in [-0.2, 0) is 10.0 Å². The summed E-state index contributed by atoms with van der Waals surface area (Å²) >= 11 is 0. The van der Waals surface area contributed by atoms with Gasteiger partial charge < -0.3 is 9.14 Å². The van der Waals surface area contributed by atoms with Gasteiger partial charge in [0.05, 0.1) is 22.9 Å². The van der Waals surface area contributed by atoms with Gasteiger partial charge in [0.2, 0.25) is 0 Å². The Kier molecular flexibility index (Phi) is 4.75. The number of pyridine rings is 1. The highest BCUT2D eigenvalue weighted by atomic mass is 32.2. The van der Waals surface area contributed by atoms with Gasteiger partial charge in [0.25, 0.3) is 10.0 Å². The third-order valence-electron chi connectivity index (χ3n) is 4.26. The molecule has 4 aromatic rings. The molecule has 6 nitrogen and oxygen atoms in total. The van der Waals surface area contributed by atoms with Crippen LogP contribution in [0.4, 0.5) is 5.69 Å². The van der Waals surface area contributed by atoms with E-state index in [4.69, 9.17) is 4.74 Å². The number of anilines is 1. The molecule has 28 heavy (non-hydrogen) atoms. The summed E-state index contributed by atoms with van der Waals surface area (Å²) in [5.74, 6) is 0.631. The van der Waals surface area contributed by atoms with Crippen LogP contribution in [0, 0.1) is 0 Å². The average molecular weight is 393 g/mol. The lowest BCUT2D eigenvalue weighted by atomic mass is 10.1. The number of aromatic nitrogens is 2. The van der Waals surface area contributed by atoms with Gasteiger partial charge in [-0.05, 0) is 49.4 Å². The van der Waals surface area contributed by atoms with E-state index in [1.807, 2.05) is 54.0 Å². The fourth-order valence-electron chi connectivity index (χ4n) is 2.95. The molecule has 0 amide bonds. The van der Waals surface area contributed by atoms with Crippen molar-refractivity contribution >= 4 is 21.4 Å². The van der Waals surface area contributed by atoms with E-state index >= 15 is 0 Å². The molecule has 0 saturated carbocycles. The first-order chi connectivity index (χ1) is 13.6. The molecule has 0 saturated heterocycles. The van der Waals surface area contributed by atoms with Crippen molar-refractivity contribution in [1.82, 2.24) is 9.38 Å². The highest BCUT2D eigenvalue weighted by Gasteiger charge is 2.17. The standard InChI is InChI=1S/C21H19N3O3S/c1-2-27-16-10-12-17(13-11-16)28(25,26)23-19-8-4-3-7-18(19)20-15-24-14-6-5-9-21(24)22-20/h3-15,23H,2H2,1H3. The second-order valence-electron chi connectivity index (χ2n) is 6.15. The van der Waals surface area contributed by atoms with Crippen LogP contribution in [0.15, 0.2) is 84.0 Å². The first kappa shape index (κ1) is 18.1. The van der Waals surface area contributed by atoms with Gasteiger partial charge in [-0.1, -0.05) is 24.3 Å². The van der Waals surface area contributed by atoms with Gasteiger partial charge in [-0.3, -0.25) is 4.72 Å². The van der Waals surface area contributed by atoms with Crippen LogP contribution in [0.3, 0.4) is 0 Å². The summed E-state index contributed by atoms with van der Waals surface area (Å²) in [6, 6.07) is 19.3. The molecular weight excluding hydrogens is 374 g/mol. The van der Waals surface area contributed by atoms with Gasteiger partial charge in [-0.25, -0.2) is 13.4 Å². The van der Waals surface area contributed by atoms with Crippen molar-refractivity contribution in [3.05, 3.63) is 79.1 Å². The molecule has 4 rings (SSSR count). The summed E-state index contributed by atoms with van der Waals surface area (Å²) in [5.41, 5.74) is 2.67. The van der Waals surface area contributed by atoms with E-state index in [9.17, 15) is 8.42 Å². The summed E-state index contributed by atoms with van der Waals surface area (Å²) in [6.07, 6.45) is 3.78. The van der Waals surface area contributed by atoms with Gasteiger partial charge in [-0.2, -0.15) is 0 Å². The van der Waals surface area contributed by atoms with E-state index < -0.39 is 10.0 Å². The fourth-order valence-corrected chi connectivity index (χ4v) is 4.03. The molecule has 0 aliphatic rings. The number of nitrogens with one attached hydrogen (secondary N) is 1. The van der Waals surface area contributed by atoms with E-state index in [0.717, 1.165) is 5.65 Å². The summed E-state index contributed by atoms with van der Waals surface area (Å²) in [4.78, 5) is 4.76. The first-order valence-electron chi connectivity index (χ1n) is 8.85. The second-order valence-corrected chi connectivity index (χ2v) is 7.83. The van der Waals surface area contributed by atoms with Crippen molar-refractivity contribution < 1.29 is 13.2 Å². The Morgan fingerprint density at radius 1 is 1.00 bits per heavy atom. The Hall–Kier alpha value is -3.32. The predicted molar refractivity (Wildman–Crippen MR) is 109 cm³/mol. The van der Waals surface area contributed by atoms with Gasteiger partial charge in [0.15, 0.2) is 0 Å². The lowest BCUT2D eigenvalue weighted by Gasteiger charge is -2.12. The molecule has 0 atom stereocenters. The zero-order valence-electron chi connectivity index (χ0n) is 15.2. The molecule has 7 heteroatoms. The van der Waals surface area contributed by atoms with Gasteiger partial charge >= 0.3 is 0 Å². The van der Waals surface area contributed by atoms with Crippen molar-refractivity contribution in [2.24, 2.45) is 0 Å². The lowest BCUT2D eigenvalue weighted by Crippen LogP contribution is -2.13. The minimum absolute atomic E-state index is 0.167. The average Bonchev–Trinajstić information content (AvgIpc) is 3.13. The quantitative estimate of drug-likeness (QED) is 0.533. The van der Waals surface area contributed by atoms with E-state index in [1.54, 1.807) is 24.3 Å². The molecule has 0 fully saturated rings. The van der Waals surface area contributed by atoms with Crippen LogP contribution < -0.4 is 9.46 Å². The van der Waals surface area contributed by atoms with Crippen molar-refractivity contribution in [2.75, 3.05) is 11.3 Å². The van der Waals surface area contributed by atoms with Gasteiger partial charge in [0.1, 0.15) is 11.4 Å². The minimum atomic E-state index is -3.75. The molecule has 142 valence electrons. The molecule has 0 spiro atoms. The van der Waals surface area contributed by atoms with E-state index in [-0.39, 0.29) is 4.90 Å². The van der Waals surface area contributed by atoms with Crippen LogP contribution in [0.25, 0.3) is 16.9 Å². The largest absolute Gasteiger partial charge is 0.494 e. The Labute approximate surface area is 163 Å². The topological polar surface area (TPSA) is 72.7 Å². The number of hydrogen-bond acceptors (Lipinski definition) is 4. The SMILES string of the molecule is CCOc1ccc(S(=O)(=O)Nc2ccccc2-c2cn3ccccc3n2)cc1. The van der Waals surface area contributed by atoms with Crippen molar-refractivity contribution in [3.8, 4) is 17.0 Å². The molecule has 0 aliphatic carbocycles. The monoisotopic (exact) mass is 393 g/mol. The molecule has 2 aromatic heterocycles. The van der Waals surface area contributed by atoms with E-state index in [0.29, 0.717) is 29.3 Å². The Bertz CT molecular complexity index is 1180. The molecule has 2 aromatic carbocycles. The van der Waals surface area contributed by atoms with Crippen LogP contribution in [-0.4, -0.2) is 24.4 Å². The van der Waals surface area contributed by atoms with E-state index in [1.165, 1.54) is 12.1 Å². The Morgan fingerprint density at radius 3 is 2.50 bits per heavy atom. The molecule has 1 N–H and O–H groups in total. The van der Waals surface area contributed by atoms with Crippen molar-refractivity contribution in [3.63, 3.8) is 0 Å². The number of ether oxygens (including phenoxy) is 1.